The summed E-state index contributed by atoms with van der Waals surface area (Å²) in [6, 6.07) is 12.9. The van der Waals surface area contributed by atoms with Crippen LogP contribution >= 0.6 is 11.8 Å². The van der Waals surface area contributed by atoms with Crippen LogP contribution in [0.25, 0.3) is 6.08 Å². The van der Waals surface area contributed by atoms with E-state index in [-0.39, 0.29) is 29.0 Å². The van der Waals surface area contributed by atoms with Gasteiger partial charge in [0.2, 0.25) is 11.8 Å². The third-order valence-corrected chi connectivity index (χ3v) is 7.65. The second-order valence-corrected chi connectivity index (χ2v) is 11.4. The fraction of sp³-hybridized carbons (Fsp3) is 0.290. The van der Waals surface area contributed by atoms with E-state index in [9.17, 15) is 29.1 Å². The molecule has 4 rings (SSSR count). The van der Waals surface area contributed by atoms with Crippen molar-refractivity contribution in [1.82, 2.24) is 26.0 Å². The van der Waals surface area contributed by atoms with E-state index in [2.05, 4.69) is 21.1 Å². The minimum atomic E-state index is -1.43. The lowest BCUT2D eigenvalue weighted by Crippen LogP contribution is -2.58. The minimum Gasteiger partial charge on any atom is -0.491 e. The van der Waals surface area contributed by atoms with E-state index in [1.807, 2.05) is 31.2 Å². The molecule has 0 bridgehead atoms. The number of aliphatic hydroxyl groups is 1. The van der Waals surface area contributed by atoms with Gasteiger partial charge >= 0.3 is 0 Å². The quantitative estimate of drug-likeness (QED) is 0.216. The molecule has 3 atom stereocenters. The summed E-state index contributed by atoms with van der Waals surface area (Å²) >= 11 is 0.822. The maximum atomic E-state index is 13.3. The molecule has 0 saturated carbocycles. The first-order valence-electron chi connectivity index (χ1n) is 13.9. The van der Waals surface area contributed by atoms with Crippen LogP contribution in [0, 0.1) is 13.8 Å². The number of likely N-dealkylation sites (N-methyl/N-ethyl adjacent to an activating group) is 1. The Morgan fingerprint density at radius 1 is 1.07 bits per heavy atom. The topological polar surface area (TPSA) is 180 Å². The van der Waals surface area contributed by atoms with Gasteiger partial charge in [0, 0.05) is 19.7 Å². The van der Waals surface area contributed by atoms with Gasteiger partial charge in [0.25, 0.3) is 17.1 Å². The van der Waals surface area contributed by atoms with Crippen molar-refractivity contribution in [2.75, 3.05) is 13.7 Å². The van der Waals surface area contributed by atoms with E-state index >= 15 is 0 Å². The molecule has 1 saturated heterocycles. The summed E-state index contributed by atoms with van der Waals surface area (Å²) in [5.41, 5.74) is 2.39. The van der Waals surface area contributed by atoms with Crippen molar-refractivity contribution >= 4 is 46.7 Å². The molecule has 0 spiro atoms. The van der Waals surface area contributed by atoms with Crippen molar-refractivity contribution in [3.8, 4) is 5.75 Å². The molecule has 1 fully saturated rings. The molecule has 2 heterocycles. The Morgan fingerprint density at radius 3 is 2.42 bits per heavy atom. The summed E-state index contributed by atoms with van der Waals surface area (Å²) in [5.74, 6) is -1.85. The van der Waals surface area contributed by atoms with Gasteiger partial charge in [-0.1, -0.05) is 47.1 Å². The maximum Gasteiger partial charge on any atom is 0.293 e. The number of imide groups is 1. The van der Waals surface area contributed by atoms with Crippen LogP contribution in [0.15, 0.2) is 64.0 Å². The van der Waals surface area contributed by atoms with Gasteiger partial charge in [-0.25, -0.2) is 0 Å². The van der Waals surface area contributed by atoms with E-state index in [0.717, 1.165) is 27.8 Å². The number of hydrogen-bond donors (Lipinski definition) is 4. The molecule has 13 nitrogen and oxygen atoms in total. The standard InChI is InChI=1S/C31H33N5O8S/c1-17-8-10-20(11-9-17)15-32-27(38)24(33-29(40)26(19(3)37)34-28(39)23-12-18(2)44-35-23)16-43-22-7-5-6-21(13-22)14-25-30(41)36(4)31(42)45-25/h5-14,19,24,26,37H,15-16H2,1-4H3,(H,32,38)(H,33,40)(H,34,39)/b25-14+/t19-,24+,26+/m1/s1. The van der Waals surface area contributed by atoms with Crippen molar-refractivity contribution in [1.29, 1.82) is 0 Å². The molecule has 0 unspecified atom stereocenters. The summed E-state index contributed by atoms with van der Waals surface area (Å²) in [5, 5.41) is 21.3. The predicted molar refractivity (Wildman–Crippen MR) is 165 cm³/mol. The third kappa shape index (κ3) is 8.80. The zero-order valence-electron chi connectivity index (χ0n) is 25.0. The molecule has 4 N–H and O–H groups in total. The third-order valence-electron chi connectivity index (χ3n) is 6.69. The molecule has 5 amide bonds. The lowest BCUT2D eigenvalue weighted by Gasteiger charge is -2.24. The highest BCUT2D eigenvalue weighted by molar-refractivity contribution is 8.18. The van der Waals surface area contributed by atoms with Gasteiger partial charge < -0.3 is 30.3 Å². The van der Waals surface area contributed by atoms with E-state index in [0.29, 0.717) is 17.1 Å². The predicted octanol–water partition coefficient (Wildman–Crippen LogP) is 2.32. The highest BCUT2D eigenvalue weighted by Crippen LogP contribution is 2.31. The Morgan fingerprint density at radius 2 is 1.80 bits per heavy atom. The number of carbonyl (C=O) groups excluding carboxylic acids is 5. The molecular weight excluding hydrogens is 602 g/mol. The number of hydrogen-bond acceptors (Lipinski definition) is 10. The number of ether oxygens (including phenoxy) is 1. The second kappa shape index (κ2) is 14.7. The second-order valence-electron chi connectivity index (χ2n) is 10.4. The monoisotopic (exact) mass is 635 g/mol. The van der Waals surface area contributed by atoms with Crippen molar-refractivity contribution in [3.63, 3.8) is 0 Å². The van der Waals surface area contributed by atoms with Gasteiger partial charge in [0.15, 0.2) is 5.69 Å². The number of aryl methyl sites for hydroxylation is 2. The number of thioether (sulfide) groups is 1. The smallest absolute Gasteiger partial charge is 0.293 e. The number of nitrogens with one attached hydrogen (secondary N) is 3. The molecule has 0 radical (unpaired) electrons. The Labute approximate surface area is 263 Å². The number of aromatic nitrogens is 1. The Kier molecular flexibility index (Phi) is 10.8. The first-order chi connectivity index (χ1) is 21.4. The van der Waals surface area contributed by atoms with Crippen molar-refractivity contribution in [2.24, 2.45) is 0 Å². The normalized spacial score (nSPS) is 15.8. The number of benzene rings is 2. The molecular formula is C31H33N5O8S. The molecule has 2 aromatic carbocycles. The molecule has 14 heteroatoms. The van der Waals surface area contributed by atoms with Gasteiger partial charge in [-0.15, -0.1) is 0 Å². The van der Waals surface area contributed by atoms with Crippen molar-refractivity contribution in [2.45, 2.75) is 45.5 Å². The average Bonchev–Trinajstić information content (AvgIpc) is 3.55. The fourth-order valence-electron chi connectivity index (χ4n) is 4.13. The average molecular weight is 636 g/mol. The van der Waals surface area contributed by atoms with Crippen LogP contribution in [0.4, 0.5) is 4.79 Å². The number of rotatable bonds is 12. The van der Waals surface area contributed by atoms with Crippen molar-refractivity contribution in [3.05, 3.63) is 87.6 Å². The van der Waals surface area contributed by atoms with Gasteiger partial charge in [0.1, 0.15) is 30.2 Å². The van der Waals surface area contributed by atoms with Crippen LogP contribution in [0.2, 0.25) is 0 Å². The van der Waals surface area contributed by atoms with Crippen LogP contribution in [0.3, 0.4) is 0 Å². The van der Waals surface area contributed by atoms with Crippen LogP contribution in [-0.2, 0) is 20.9 Å². The fourth-order valence-corrected chi connectivity index (χ4v) is 4.95. The Bertz CT molecular complexity index is 1620. The number of amides is 5. The lowest BCUT2D eigenvalue weighted by atomic mass is 10.1. The van der Waals surface area contributed by atoms with Gasteiger partial charge in [-0.3, -0.25) is 28.9 Å². The lowest BCUT2D eigenvalue weighted by molar-refractivity contribution is -0.132. The van der Waals surface area contributed by atoms with Gasteiger partial charge in [-0.2, -0.15) is 0 Å². The molecule has 0 aliphatic carbocycles. The number of aliphatic hydroxyl groups excluding tert-OH is 1. The summed E-state index contributed by atoms with van der Waals surface area (Å²) in [6.45, 7) is 4.72. The maximum absolute atomic E-state index is 13.3. The van der Waals surface area contributed by atoms with Crippen LogP contribution in [-0.4, -0.2) is 75.9 Å². The molecule has 1 aromatic heterocycles. The SMILES string of the molecule is Cc1ccc(CNC(=O)[C@H](COc2cccc(/C=C3/SC(=O)N(C)C3=O)c2)NC(=O)[C@@H](NC(=O)c2cc(C)on2)[C@@H](C)O)cc1. The van der Waals surface area contributed by atoms with E-state index in [4.69, 9.17) is 9.26 Å². The zero-order valence-corrected chi connectivity index (χ0v) is 25.8. The molecule has 1 aliphatic heterocycles. The van der Waals surface area contributed by atoms with Crippen molar-refractivity contribution < 1.29 is 38.3 Å². The molecule has 1 aliphatic rings. The Hall–Kier alpha value is -4.95. The largest absolute Gasteiger partial charge is 0.491 e. The zero-order chi connectivity index (χ0) is 32.7. The van der Waals surface area contributed by atoms with E-state index in [1.54, 1.807) is 37.3 Å². The molecule has 236 valence electrons. The molecule has 3 aromatic rings. The molecule has 45 heavy (non-hydrogen) atoms. The first-order valence-corrected chi connectivity index (χ1v) is 14.7. The number of nitrogens with zero attached hydrogens (tertiary/aromatic N) is 2. The first kappa shape index (κ1) is 33.0. The summed E-state index contributed by atoms with van der Waals surface area (Å²) < 4.78 is 10.8. The van der Waals surface area contributed by atoms with E-state index < -0.39 is 41.8 Å². The summed E-state index contributed by atoms with van der Waals surface area (Å²) in [6.07, 6.45) is 0.229. The van der Waals surface area contributed by atoms with E-state index in [1.165, 1.54) is 20.0 Å². The van der Waals surface area contributed by atoms with Gasteiger partial charge in [0.05, 0.1) is 11.0 Å². The van der Waals surface area contributed by atoms with Crippen LogP contribution in [0.1, 0.15) is 39.9 Å². The minimum absolute atomic E-state index is 0.0785. The highest BCUT2D eigenvalue weighted by atomic mass is 32.2. The summed E-state index contributed by atoms with van der Waals surface area (Å²) in [7, 11) is 1.40. The summed E-state index contributed by atoms with van der Waals surface area (Å²) in [4.78, 5) is 64.6. The highest BCUT2D eigenvalue weighted by Gasteiger charge is 2.32. The Balaban J connectivity index is 1.49. The van der Waals surface area contributed by atoms with Crippen LogP contribution in [0.5, 0.6) is 5.75 Å². The number of carbonyl (C=O) groups is 5. The van der Waals surface area contributed by atoms with Crippen LogP contribution < -0.4 is 20.7 Å². The van der Waals surface area contributed by atoms with Gasteiger partial charge in [-0.05, 0) is 61.9 Å².